The second-order valence-corrected chi connectivity index (χ2v) is 6.52. The van der Waals surface area contributed by atoms with E-state index in [2.05, 4.69) is 20.8 Å². The van der Waals surface area contributed by atoms with Crippen LogP contribution in [0.2, 0.25) is 0 Å². The molecule has 0 radical (unpaired) electrons. The van der Waals surface area contributed by atoms with Gasteiger partial charge in [-0.1, -0.05) is 20.8 Å². The quantitative estimate of drug-likeness (QED) is 0.778. The van der Waals surface area contributed by atoms with Crippen LogP contribution in [-0.4, -0.2) is 46.0 Å². The van der Waals surface area contributed by atoms with E-state index < -0.39 is 5.97 Å². The van der Waals surface area contributed by atoms with E-state index in [4.69, 9.17) is 5.11 Å². The lowest BCUT2D eigenvalue weighted by Gasteiger charge is -2.21. The van der Waals surface area contributed by atoms with Gasteiger partial charge in [-0.05, 0) is 6.42 Å². The van der Waals surface area contributed by atoms with Crippen LogP contribution in [0.25, 0.3) is 0 Å². The fourth-order valence-electron chi connectivity index (χ4n) is 0.981. The molecule has 0 aliphatic carbocycles. The topological polar surface area (TPSA) is 57.6 Å². The summed E-state index contributed by atoms with van der Waals surface area (Å²) >= 11 is 1.60. The number of carbonyl (C=O) groups is 2. The first-order chi connectivity index (χ1) is 7.22. The molecule has 0 unspecified atom stereocenters. The van der Waals surface area contributed by atoms with Crippen LogP contribution in [0.5, 0.6) is 0 Å². The third-order valence-electron chi connectivity index (χ3n) is 1.94. The predicted molar refractivity (Wildman–Crippen MR) is 66.7 cm³/mol. The highest BCUT2D eigenvalue weighted by Crippen LogP contribution is 2.23. The molecule has 4 nitrogen and oxygen atoms in total. The molecule has 94 valence electrons. The Balaban J connectivity index is 3.78. The summed E-state index contributed by atoms with van der Waals surface area (Å²) in [4.78, 5) is 23.5. The smallest absolute Gasteiger partial charge is 0.303 e. The van der Waals surface area contributed by atoms with Crippen LogP contribution in [0.1, 0.15) is 33.6 Å². The summed E-state index contributed by atoms with van der Waals surface area (Å²) in [6.07, 6.45) is 0.627. The van der Waals surface area contributed by atoms with E-state index in [-0.39, 0.29) is 17.1 Å². The first-order valence-electron chi connectivity index (χ1n) is 5.32. The van der Waals surface area contributed by atoms with Gasteiger partial charge in [0.1, 0.15) is 0 Å². The summed E-state index contributed by atoms with van der Waals surface area (Å²) in [6, 6.07) is 0. The Bertz CT molecular complexity index is 248. The summed E-state index contributed by atoms with van der Waals surface area (Å²) < 4.78 is 0.0809. The van der Waals surface area contributed by atoms with E-state index in [9.17, 15) is 9.59 Å². The van der Waals surface area contributed by atoms with Crippen molar-refractivity contribution in [1.82, 2.24) is 4.90 Å². The number of hydrogen-bond acceptors (Lipinski definition) is 3. The lowest BCUT2D eigenvalue weighted by molar-refractivity contribution is -0.137. The molecule has 0 spiro atoms. The maximum Gasteiger partial charge on any atom is 0.303 e. The molecule has 0 saturated carbocycles. The second-order valence-electron chi connectivity index (χ2n) is 4.71. The highest BCUT2D eigenvalue weighted by atomic mass is 32.2. The van der Waals surface area contributed by atoms with E-state index in [1.54, 1.807) is 23.7 Å². The van der Waals surface area contributed by atoms with Crippen molar-refractivity contribution in [3.63, 3.8) is 0 Å². The van der Waals surface area contributed by atoms with Crippen LogP contribution < -0.4 is 0 Å². The highest BCUT2D eigenvalue weighted by molar-refractivity contribution is 8.01. The predicted octanol–water partition coefficient (Wildman–Crippen LogP) is 1.84. The van der Waals surface area contributed by atoms with Gasteiger partial charge in [-0.3, -0.25) is 9.59 Å². The van der Waals surface area contributed by atoms with Crippen LogP contribution in [-0.2, 0) is 9.59 Å². The standard InChI is InChI=1S/C11H21NO3S/c1-11(2,3)16-8-9(13)12(4)7-5-6-10(14)15/h5-8H2,1-4H3,(H,14,15). The van der Waals surface area contributed by atoms with Gasteiger partial charge in [-0.2, -0.15) is 0 Å². The normalized spacial score (nSPS) is 11.2. The Morgan fingerprint density at radius 3 is 2.31 bits per heavy atom. The van der Waals surface area contributed by atoms with Crippen molar-refractivity contribution in [3.05, 3.63) is 0 Å². The largest absolute Gasteiger partial charge is 0.481 e. The molecule has 0 aromatic heterocycles. The molecule has 1 amide bonds. The monoisotopic (exact) mass is 247 g/mol. The van der Waals surface area contributed by atoms with E-state index in [0.29, 0.717) is 18.7 Å². The molecule has 5 heteroatoms. The second kappa shape index (κ2) is 6.78. The fourth-order valence-corrected chi connectivity index (χ4v) is 1.76. The number of thioether (sulfide) groups is 1. The van der Waals surface area contributed by atoms with Crippen LogP contribution in [0, 0.1) is 0 Å². The van der Waals surface area contributed by atoms with Gasteiger partial charge in [0.25, 0.3) is 0 Å². The number of carboxylic acid groups (broad SMARTS) is 1. The molecule has 0 aromatic rings. The number of nitrogens with zero attached hydrogens (tertiary/aromatic N) is 1. The molecular formula is C11H21NO3S. The van der Waals surface area contributed by atoms with Gasteiger partial charge in [-0.15, -0.1) is 11.8 Å². The lowest BCUT2D eigenvalue weighted by Crippen LogP contribution is -2.30. The van der Waals surface area contributed by atoms with Gasteiger partial charge < -0.3 is 10.0 Å². The summed E-state index contributed by atoms with van der Waals surface area (Å²) in [5.74, 6) is -0.303. The molecule has 0 aliphatic rings. The number of carbonyl (C=O) groups excluding carboxylic acids is 1. The summed E-state index contributed by atoms with van der Waals surface area (Å²) in [7, 11) is 1.72. The summed E-state index contributed by atoms with van der Waals surface area (Å²) in [5, 5.41) is 8.47. The van der Waals surface area contributed by atoms with Crippen molar-refractivity contribution in [1.29, 1.82) is 0 Å². The molecule has 16 heavy (non-hydrogen) atoms. The minimum absolute atomic E-state index is 0.0605. The molecule has 1 N–H and O–H groups in total. The number of rotatable bonds is 6. The molecule has 0 aliphatic heterocycles. The van der Waals surface area contributed by atoms with Crippen molar-refractivity contribution in [2.45, 2.75) is 38.4 Å². The van der Waals surface area contributed by atoms with Crippen molar-refractivity contribution in [2.24, 2.45) is 0 Å². The lowest BCUT2D eigenvalue weighted by atomic mass is 10.3. The molecule has 0 heterocycles. The Kier molecular flexibility index (Phi) is 6.48. The summed E-state index contributed by atoms with van der Waals surface area (Å²) in [6.45, 7) is 6.70. The van der Waals surface area contributed by atoms with Crippen molar-refractivity contribution >= 4 is 23.6 Å². The maximum atomic E-state index is 11.6. The molecular weight excluding hydrogens is 226 g/mol. The van der Waals surface area contributed by atoms with Gasteiger partial charge in [0, 0.05) is 24.8 Å². The molecule has 0 atom stereocenters. The fraction of sp³-hybridized carbons (Fsp3) is 0.818. The third-order valence-corrected chi connectivity index (χ3v) is 3.20. The number of amides is 1. The average Bonchev–Trinajstić information content (AvgIpc) is 2.12. The zero-order chi connectivity index (χ0) is 12.8. The van der Waals surface area contributed by atoms with Gasteiger partial charge >= 0.3 is 5.97 Å². The molecule has 0 saturated heterocycles. The van der Waals surface area contributed by atoms with Crippen molar-refractivity contribution < 1.29 is 14.7 Å². The Labute approximate surface area is 101 Å². The Morgan fingerprint density at radius 2 is 1.88 bits per heavy atom. The van der Waals surface area contributed by atoms with E-state index >= 15 is 0 Å². The van der Waals surface area contributed by atoms with Crippen LogP contribution >= 0.6 is 11.8 Å². The Morgan fingerprint density at radius 1 is 1.31 bits per heavy atom. The maximum absolute atomic E-state index is 11.6. The minimum Gasteiger partial charge on any atom is -0.481 e. The average molecular weight is 247 g/mol. The number of hydrogen-bond donors (Lipinski definition) is 1. The van der Waals surface area contributed by atoms with Gasteiger partial charge in [-0.25, -0.2) is 0 Å². The number of aliphatic carboxylic acids is 1. The van der Waals surface area contributed by atoms with Gasteiger partial charge in [0.2, 0.25) is 5.91 Å². The first-order valence-corrected chi connectivity index (χ1v) is 6.30. The van der Waals surface area contributed by atoms with Gasteiger partial charge in [0.05, 0.1) is 5.75 Å². The molecule has 0 aromatic carbocycles. The van der Waals surface area contributed by atoms with Crippen molar-refractivity contribution in [3.8, 4) is 0 Å². The minimum atomic E-state index is -0.815. The molecule has 0 rings (SSSR count). The van der Waals surface area contributed by atoms with E-state index in [0.717, 1.165) is 0 Å². The third kappa shape index (κ3) is 8.59. The molecule has 0 bridgehead atoms. The first kappa shape index (κ1) is 15.3. The van der Waals surface area contributed by atoms with E-state index in [1.165, 1.54) is 0 Å². The van der Waals surface area contributed by atoms with Crippen LogP contribution in [0.4, 0.5) is 0 Å². The Hall–Kier alpha value is -0.710. The van der Waals surface area contributed by atoms with Crippen LogP contribution in [0.3, 0.4) is 0 Å². The zero-order valence-corrected chi connectivity index (χ0v) is 11.3. The number of carboxylic acids is 1. The van der Waals surface area contributed by atoms with Gasteiger partial charge in [0.15, 0.2) is 0 Å². The SMILES string of the molecule is CN(CCCC(=O)O)C(=O)CSC(C)(C)C. The zero-order valence-electron chi connectivity index (χ0n) is 10.4. The molecule has 0 fully saturated rings. The van der Waals surface area contributed by atoms with Crippen molar-refractivity contribution in [2.75, 3.05) is 19.3 Å². The van der Waals surface area contributed by atoms with Crippen LogP contribution in [0.15, 0.2) is 0 Å². The highest BCUT2D eigenvalue weighted by Gasteiger charge is 2.15. The van der Waals surface area contributed by atoms with E-state index in [1.807, 2.05) is 0 Å². The summed E-state index contributed by atoms with van der Waals surface area (Å²) in [5.41, 5.74) is 0.